The lowest BCUT2D eigenvalue weighted by atomic mass is 9.74. The number of alkyl halides is 1. The van der Waals surface area contributed by atoms with Gasteiger partial charge in [0.2, 0.25) is 0 Å². The van der Waals surface area contributed by atoms with E-state index in [1.807, 2.05) is 6.07 Å². The molecule has 2 aromatic rings. The number of rotatable bonds is 8. The second-order valence-electron chi connectivity index (χ2n) is 7.44. The zero-order chi connectivity index (χ0) is 20.1. The van der Waals surface area contributed by atoms with E-state index in [0.29, 0.717) is 54.8 Å². The van der Waals surface area contributed by atoms with E-state index in [4.69, 9.17) is 16.3 Å². The number of hydrogen-bond donors (Lipinski definition) is 1. The van der Waals surface area contributed by atoms with E-state index in [1.54, 1.807) is 19.2 Å². The first-order valence-corrected chi connectivity index (χ1v) is 10.2. The van der Waals surface area contributed by atoms with Crippen LogP contribution in [0.25, 0.3) is 10.9 Å². The third kappa shape index (κ3) is 4.39. The average molecular weight is 409 g/mol. The molecule has 1 aliphatic heterocycles. The zero-order valence-corrected chi connectivity index (χ0v) is 16.8. The number of aryl methyl sites for hydroxylation is 1. The summed E-state index contributed by atoms with van der Waals surface area (Å²) in [5, 5.41) is 10.6. The maximum Gasteiger partial charge on any atom is 0.309 e. The van der Waals surface area contributed by atoms with Crippen LogP contribution in [-0.2, 0) is 11.2 Å². The van der Waals surface area contributed by atoms with Gasteiger partial charge in [-0.2, -0.15) is 0 Å². The number of pyridine rings is 1. The van der Waals surface area contributed by atoms with Gasteiger partial charge in [0.25, 0.3) is 0 Å². The lowest BCUT2D eigenvalue weighted by Crippen LogP contribution is -2.45. The Bertz CT molecular complexity index is 838. The Morgan fingerprint density at radius 1 is 1.39 bits per heavy atom. The van der Waals surface area contributed by atoms with Gasteiger partial charge in [-0.3, -0.25) is 9.78 Å². The fourth-order valence-corrected chi connectivity index (χ4v) is 4.32. The Hall–Kier alpha value is -1.92. The van der Waals surface area contributed by atoms with E-state index >= 15 is 0 Å². The number of halogens is 2. The molecule has 0 unspecified atom stereocenters. The lowest BCUT2D eigenvalue weighted by molar-refractivity contribution is -0.152. The van der Waals surface area contributed by atoms with Gasteiger partial charge in [-0.15, -0.1) is 11.6 Å². The maximum absolute atomic E-state index is 14.5. The summed E-state index contributed by atoms with van der Waals surface area (Å²) in [6.07, 6.45) is 4.05. The van der Waals surface area contributed by atoms with Crippen molar-refractivity contribution in [2.24, 2.45) is 5.41 Å². The predicted molar refractivity (Wildman–Crippen MR) is 108 cm³/mol. The second-order valence-corrected chi connectivity index (χ2v) is 7.82. The molecule has 1 aromatic carbocycles. The van der Waals surface area contributed by atoms with E-state index < -0.39 is 11.4 Å². The minimum Gasteiger partial charge on any atom is -0.497 e. The fraction of sp³-hybridized carbons (Fsp3) is 0.524. The number of ether oxygens (including phenoxy) is 1. The number of methoxy groups -OCH3 is 1. The van der Waals surface area contributed by atoms with Crippen LogP contribution in [0, 0.1) is 11.2 Å². The second kappa shape index (κ2) is 9.05. The molecule has 1 N–H and O–H groups in total. The topological polar surface area (TPSA) is 62.7 Å². The molecule has 0 amide bonds. The van der Waals surface area contributed by atoms with Crippen molar-refractivity contribution in [3.05, 3.63) is 35.8 Å². The molecule has 1 aliphatic rings. The first-order valence-electron chi connectivity index (χ1n) is 9.62. The number of nitrogens with zero attached hydrogens (tertiary/aromatic N) is 2. The average Bonchev–Trinajstić information content (AvgIpc) is 2.70. The number of fused-ring (bicyclic) bond motifs is 1. The molecular weight excluding hydrogens is 383 g/mol. The standard InChI is InChI=1S/C21H26ClFN2O3/c1-28-15-4-5-19-17(13-15)16(18(23)14-24-19)3-2-6-21(20(26)27)7-10-25(11-8-21)12-9-22/h4-5,13-14H,2-3,6-12H2,1H3,(H,26,27). The summed E-state index contributed by atoms with van der Waals surface area (Å²) in [5.74, 6) is 0.0920. The largest absolute Gasteiger partial charge is 0.497 e. The molecule has 0 bridgehead atoms. The molecule has 0 spiro atoms. The van der Waals surface area contributed by atoms with Crippen LogP contribution in [-0.4, -0.2) is 53.6 Å². The van der Waals surface area contributed by atoms with Crippen LogP contribution >= 0.6 is 11.6 Å². The van der Waals surface area contributed by atoms with Gasteiger partial charge in [-0.05, 0) is 69.0 Å². The van der Waals surface area contributed by atoms with Crippen LogP contribution in [0.3, 0.4) is 0 Å². The molecule has 7 heteroatoms. The third-order valence-corrected chi connectivity index (χ3v) is 6.05. The van der Waals surface area contributed by atoms with Gasteiger partial charge in [0.15, 0.2) is 0 Å². The molecule has 2 heterocycles. The van der Waals surface area contributed by atoms with Crippen molar-refractivity contribution in [3.63, 3.8) is 0 Å². The van der Waals surface area contributed by atoms with Crippen molar-refractivity contribution in [1.29, 1.82) is 0 Å². The number of carboxylic acid groups (broad SMARTS) is 1. The molecule has 0 saturated carbocycles. The Morgan fingerprint density at radius 2 is 2.14 bits per heavy atom. The van der Waals surface area contributed by atoms with Crippen LogP contribution in [0.5, 0.6) is 5.75 Å². The van der Waals surface area contributed by atoms with Crippen molar-refractivity contribution < 1.29 is 19.0 Å². The lowest BCUT2D eigenvalue weighted by Gasteiger charge is -2.38. The molecule has 152 valence electrons. The smallest absolute Gasteiger partial charge is 0.309 e. The third-order valence-electron chi connectivity index (χ3n) is 5.88. The number of carbonyl (C=O) groups is 1. The molecule has 5 nitrogen and oxygen atoms in total. The number of likely N-dealkylation sites (tertiary alicyclic amines) is 1. The molecule has 0 aliphatic carbocycles. The Labute approximate surface area is 169 Å². The summed E-state index contributed by atoms with van der Waals surface area (Å²) in [6.45, 7) is 2.26. The highest BCUT2D eigenvalue weighted by Crippen LogP contribution is 2.37. The monoisotopic (exact) mass is 408 g/mol. The minimum atomic E-state index is -0.750. The summed E-state index contributed by atoms with van der Waals surface area (Å²) in [7, 11) is 1.57. The summed E-state index contributed by atoms with van der Waals surface area (Å²) >= 11 is 5.80. The SMILES string of the molecule is COc1ccc2ncc(F)c(CCCC3(C(=O)O)CCN(CCCl)CC3)c2c1. The number of hydrogen-bond acceptors (Lipinski definition) is 4. The zero-order valence-electron chi connectivity index (χ0n) is 16.1. The molecule has 1 aromatic heterocycles. The summed E-state index contributed by atoms with van der Waals surface area (Å²) in [6, 6.07) is 5.39. The Morgan fingerprint density at radius 3 is 2.79 bits per heavy atom. The van der Waals surface area contributed by atoms with Crippen LogP contribution in [0.4, 0.5) is 4.39 Å². The Balaban J connectivity index is 1.73. The van der Waals surface area contributed by atoms with Crippen LogP contribution in [0.2, 0.25) is 0 Å². The van der Waals surface area contributed by atoms with Gasteiger partial charge < -0.3 is 14.7 Å². The number of benzene rings is 1. The summed E-state index contributed by atoms with van der Waals surface area (Å²) in [4.78, 5) is 18.3. The van der Waals surface area contributed by atoms with E-state index in [-0.39, 0.29) is 5.82 Å². The number of aromatic nitrogens is 1. The number of piperidine rings is 1. The van der Waals surface area contributed by atoms with Crippen LogP contribution < -0.4 is 4.74 Å². The highest BCUT2D eigenvalue weighted by molar-refractivity contribution is 6.18. The molecular formula is C21H26ClFN2O3. The first-order chi connectivity index (χ1) is 13.5. The fourth-order valence-electron chi connectivity index (χ4n) is 4.08. The molecule has 0 radical (unpaired) electrons. The van der Waals surface area contributed by atoms with Crippen LogP contribution in [0.1, 0.15) is 31.2 Å². The van der Waals surface area contributed by atoms with E-state index in [2.05, 4.69) is 9.88 Å². The summed E-state index contributed by atoms with van der Waals surface area (Å²) in [5.41, 5.74) is 0.545. The first kappa shape index (κ1) is 20.8. The number of aliphatic carboxylic acids is 1. The summed E-state index contributed by atoms with van der Waals surface area (Å²) < 4.78 is 19.7. The van der Waals surface area contributed by atoms with Gasteiger partial charge >= 0.3 is 5.97 Å². The van der Waals surface area contributed by atoms with E-state index in [0.717, 1.165) is 25.0 Å². The highest BCUT2D eigenvalue weighted by Gasteiger charge is 2.40. The van der Waals surface area contributed by atoms with Crippen LogP contribution in [0.15, 0.2) is 24.4 Å². The Kier molecular flexibility index (Phi) is 6.73. The van der Waals surface area contributed by atoms with Gasteiger partial charge in [-0.25, -0.2) is 4.39 Å². The molecule has 1 saturated heterocycles. The van der Waals surface area contributed by atoms with Gasteiger partial charge in [-0.1, -0.05) is 0 Å². The molecule has 3 rings (SSSR count). The maximum atomic E-state index is 14.5. The van der Waals surface area contributed by atoms with Gasteiger partial charge in [0.05, 0.1) is 24.2 Å². The van der Waals surface area contributed by atoms with Crippen molar-refractivity contribution in [2.45, 2.75) is 32.1 Å². The van der Waals surface area contributed by atoms with Gasteiger partial charge in [0, 0.05) is 17.8 Å². The van der Waals surface area contributed by atoms with E-state index in [1.165, 1.54) is 6.20 Å². The minimum absolute atomic E-state index is 0.359. The van der Waals surface area contributed by atoms with Crippen molar-refractivity contribution >= 4 is 28.5 Å². The normalized spacial score (nSPS) is 17.0. The van der Waals surface area contributed by atoms with Crippen molar-refractivity contribution in [3.8, 4) is 5.75 Å². The van der Waals surface area contributed by atoms with Crippen molar-refractivity contribution in [1.82, 2.24) is 9.88 Å². The number of carboxylic acids is 1. The van der Waals surface area contributed by atoms with Gasteiger partial charge in [0.1, 0.15) is 11.6 Å². The van der Waals surface area contributed by atoms with E-state index in [9.17, 15) is 14.3 Å². The molecule has 28 heavy (non-hydrogen) atoms. The predicted octanol–water partition coefficient (Wildman–Crippen LogP) is 4.11. The highest BCUT2D eigenvalue weighted by atomic mass is 35.5. The molecule has 0 atom stereocenters. The van der Waals surface area contributed by atoms with Crippen molar-refractivity contribution in [2.75, 3.05) is 32.6 Å². The quantitative estimate of drug-likeness (QED) is 0.666. The molecule has 1 fully saturated rings.